The number of ether oxygens (including phenoxy) is 2. The smallest absolute Gasteiger partial charge is 0.235 e. The van der Waals surface area contributed by atoms with Crippen molar-refractivity contribution in [3.63, 3.8) is 0 Å². The maximum absolute atomic E-state index is 12.6. The van der Waals surface area contributed by atoms with Crippen LogP contribution in [-0.4, -0.2) is 42.6 Å². The molecular formula is C18H27NO3S. The average Bonchev–Trinajstić information content (AvgIpc) is 2.59. The van der Waals surface area contributed by atoms with Crippen LogP contribution in [0.3, 0.4) is 0 Å². The fraction of sp³-hybridized carbons (Fsp3) is 0.611. The van der Waals surface area contributed by atoms with E-state index in [0.29, 0.717) is 6.54 Å². The van der Waals surface area contributed by atoms with E-state index in [-0.39, 0.29) is 11.2 Å². The van der Waals surface area contributed by atoms with Crippen molar-refractivity contribution >= 4 is 17.7 Å². The van der Waals surface area contributed by atoms with Crippen LogP contribution in [0.1, 0.15) is 37.8 Å². The average molecular weight is 337 g/mol. The first-order valence-corrected chi connectivity index (χ1v) is 9.29. The molecule has 1 atom stereocenters. The molecule has 128 valence electrons. The molecule has 1 unspecified atom stereocenters. The molecule has 4 nitrogen and oxygen atoms in total. The van der Waals surface area contributed by atoms with Crippen LogP contribution in [0.25, 0.3) is 0 Å². The number of thioether (sulfide) groups is 1. The van der Waals surface area contributed by atoms with Crippen molar-refractivity contribution in [2.24, 2.45) is 0 Å². The molecule has 0 aliphatic carbocycles. The summed E-state index contributed by atoms with van der Waals surface area (Å²) in [4.78, 5) is 14.6. The molecule has 1 heterocycles. The van der Waals surface area contributed by atoms with Gasteiger partial charge < -0.3 is 14.4 Å². The second-order valence-corrected chi connectivity index (χ2v) is 7.30. The summed E-state index contributed by atoms with van der Waals surface area (Å²) in [6, 6.07) is 4.04. The lowest BCUT2D eigenvalue weighted by Crippen LogP contribution is -2.40. The van der Waals surface area contributed by atoms with E-state index < -0.39 is 0 Å². The molecule has 0 N–H and O–H groups in total. The van der Waals surface area contributed by atoms with Gasteiger partial charge in [0.1, 0.15) is 0 Å². The third-order valence-corrected chi connectivity index (χ3v) is 5.47. The molecule has 0 fully saturated rings. The van der Waals surface area contributed by atoms with Gasteiger partial charge in [0.15, 0.2) is 11.5 Å². The predicted octanol–water partition coefficient (Wildman–Crippen LogP) is 3.51. The van der Waals surface area contributed by atoms with E-state index in [1.54, 1.807) is 26.0 Å². The maximum atomic E-state index is 12.6. The Morgan fingerprint density at radius 1 is 1.26 bits per heavy atom. The van der Waals surface area contributed by atoms with Crippen molar-refractivity contribution in [3.8, 4) is 11.5 Å². The lowest BCUT2D eigenvalue weighted by atomic mass is 9.98. The van der Waals surface area contributed by atoms with Gasteiger partial charge in [-0.15, -0.1) is 11.8 Å². The van der Waals surface area contributed by atoms with Crippen LogP contribution in [-0.2, 0) is 17.8 Å². The normalized spacial score (nSPS) is 15.0. The number of amides is 1. The van der Waals surface area contributed by atoms with E-state index in [0.717, 1.165) is 35.8 Å². The van der Waals surface area contributed by atoms with Crippen LogP contribution in [0.4, 0.5) is 0 Å². The second-order valence-electron chi connectivity index (χ2n) is 5.85. The van der Waals surface area contributed by atoms with E-state index in [1.165, 1.54) is 18.4 Å². The van der Waals surface area contributed by atoms with Crippen molar-refractivity contribution in [2.75, 3.05) is 26.5 Å². The number of unbranched alkanes of at least 4 members (excludes halogenated alkanes) is 1. The summed E-state index contributed by atoms with van der Waals surface area (Å²) in [6.45, 7) is 5.64. The number of carbonyl (C=O) groups excluding carboxylic acids is 1. The maximum Gasteiger partial charge on any atom is 0.235 e. The molecule has 0 radical (unpaired) electrons. The van der Waals surface area contributed by atoms with Crippen LogP contribution < -0.4 is 9.47 Å². The summed E-state index contributed by atoms with van der Waals surface area (Å²) in [5, 5.41) is 0.0308. The van der Waals surface area contributed by atoms with Crippen LogP contribution in [0.2, 0.25) is 0 Å². The van der Waals surface area contributed by atoms with Gasteiger partial charge in [0.05, 0.1) is 19.5 Å². The van der Waals surface area contributed by atoms with Crippen LogP contribution in [0, 0.1) is 0 Å². The van der Waals surface area contributed by atoms with E-state index in [1.807, 2.05) is 24.0 Å². The van der Waals surface area contributed by atoms with Crippen molar-refractivity contribution in [1.29, 1.82) is 0 Å². The molecule has 0 saturated carbocycles. The highest BCUT2D eigenvalue weighted by molar-refractivity contribution is 8.00. The van der Waals surface area contributed by atoms with Gasteiger partial charge >= 0.3 is 0 Å². The Morgan fingerprint density at radius 3 is 2.52 bits per heavy atom. The minimum absolute atomic E-state index is 0.0308. The summed E-state index contributed by atoms with van der Waals surface area (Å²) in [5.74, 6) is 2.78. The Kier molecular flexibility index (Phi) is 6.63. The summed E-state index contributed by atoms with van der Waals surface area (Å²) in [7, 11) is 3.29. The molecule has 0 spiro atoms. The van der Waals surface area contributed by atoms with Gasteiger partial charge in [0, 0.05) is 13.1 Å². The monoisotopic (exact) mass is 337 g/mol. The number of nitrogens with zero attached hydrogens (tertiary/aromatic N) is 1. The zero-order valence-electron chi connectivity index (χ0n) is 14.6. The number of fused-ring (bicyclic) bond motifs is 1. The molecule has 2 rings (SSSR count). The quantitative estimate of drug-likeness (QED) is 0.714. The predicted molar refractivity (Wildman–Crippen MR) is 95.5 cm³/mol. The molecule has 1 amide bonds. The number of methoxy groups -OCH3 is 2. The highest BCUT2D eigenvalue weighted by Crippen LogP contribution is 2.33. The van der Waals surface area contributed by atoms with Gasteiger partial charge in [-0.2, -0.15) is 0 Å². The summed E-state index contributed by atoms with van der Waals surface area (Å²) >= 11 is 1.76. The Labute approximate surface area is 143 Å². The van der Waals surface area contributed by atoms with Crippen molar-refractivity contribution in [1.82, 2.24) is 4.90 Å². The zero-order valence-corrected chi connectivity index (χ0v) is 15.4. The molecule has 0 aromatic heterocycles. The minimum Gasteiger partial charge on any atom is -0.493 e. The van der Waals surface area contributed by atoms with Gasteiger partial charge in [-0.05, 0) is 48.8 Å². The van der Waals surface area contributed by atoms with Gasteiger partial charge in [-0.25, -0.2) is 0 Å². The SMILES string of the molecule is CCCCSC(C)C(=O)N1CCc2cc(OC)c(OC)cc2C1. The Morgan fingerprint density at radius 2 is 1.91 bits per heavy atom. The van der Waals surface area contributed by atoms with E-state index in [4.69, 9.17) is 9.47 Å². The summed E-state index contributed by atoms with van der Waals surface area (Å²) in [5.41, 5.74) is 2.41. The molecular weight excluding hydrogens is 310 g/mol. The third kappa shape index (κ3) is 4.34. The standard InChI is InChI=1S/C18H27NO3S/c1-5-6-9-23-13(2)18(20)19-8-7-14-10-16(21-3)17(22-4)11-15(14)12-19/h10-11,13H,5-9,12H2,1-4H3. The zero-order chi connectivity index (χ0) is 16.8. The van der Waals surface area contributed by atoms with Gasteiger partial charge in [-0.1, -0.05) is 13.3 Å². The van der Waals surface area contributed by atoms with Crippen molar-refractivity contribution in [2.45, 2.75) is 44.9 Å². The molecule has 1 aromatic rings. The Hall–Kier alpha value is -1.36. The first-order chi connectivity index (χ1) is 11.1. The lowest BCUT2D eigenvalue weighted by Gasteiger charge is -2.31. The van der Waals surface area contributed by atoms with Crippen LogP contribution in [0.5, 0.6) is 11.5 Å². The van der Waals surface area contributed by atoms with Crippen LogP contribution >= 0.6 is 11.8 Å². The molecule has 23 heavy (non-hydrogen) atoms. The van der Waals surface area contributed by atoms with Gasteiger partial charge in [0.25, 0.3) is 0 Å². The van der Waals surface area contributed by atoms with Crippen LogP contribution in [0.15, 0.2) is 12.1 Å². The Balaban J connectivity index is 2.06. The molecule has 0 saturated heterocycles. The van der Waals surface area contributed by atoms with E-state index >= 15 is 0 Å². The molecule has 1 aliphatic rings. The van der Waals surface area contributed by atoms with Crippen molar-refractivity contribution < 1.29 is 14.3 Å². The first kappa shape index (κ1) is 18.0. The molecule has 0 bridgehead atoms. The van der Waals surface area contributed by atoms with Gasteiger partial charge in [0.2, 0.25) is 5.91 Å². The number of rotatable bonds is 7. The fourth-order valence-electron chi connectivity index (χ4n) is 2.80. The minimum atomic E-state index is 0.0308. The second kappa shape index (κ2) is 8.48. The third-order valence-electron chi connectivity index (χ3n) is 4.24. The highest BCUT2D eigenvalue weighted by atomic mass is 32.2. The number of hydrogen-bond acceptors (Lipinski definition) is 4. The molecule has 1 aliphatic heterocycles. The first-order valence-electron chi connectivity index (χ1n) is 8.24. The van der Waals surface area contributed by atoms with E-state index in [9.17, 15) is 4.79 Å². The summed E-state index contributed by atoms with van der Waals surface area (Å²) in [6.07, 6.45) is 3.21. The number of hydrogen-bond donors (Lipinski definition) is 0. The molecule has 5 heteroatoms. The fourth-order valence-corrected chi connectivity index (χ4v) is 3.90. The largest absolute Gasteiger partial charge is 0.493 e. The topological polar surface area (TPSA) is 38.8 Å². The number of benzene rings is 1. The molecule has 1 aromatic carbocycles. The Bertz CT molecular complexity index is 547. The van der Waals surface area contributed by atoms with Gasteiger partial charge in [-0.3, -0.25) is 4.79 Å². The van der Waals surface area contributed by atoms with Crippen molar-refractivity contribution in [3.05, 3.63) is 23.3 Å². The number of carbonyl (C=O) groups is 1. The van der Waals surface area contributed by atoms with E-state index in [2.05, 4.69) is 6.92 Å². The highest BCUT2D eigenvalue weighted by Gasteiger charge is 2.26. The summed E-state index contributed by atoms with van der Waals surface area (Å²) < 4.78 is 10.7. The lowest BCUT2D eigenvalue weighted by molar-refractivity contribution is -0.131.